The van der Waals surface area contributed by atoms with E-state index in [0.29, 0.717) is 16.3 Å². The first-order valence-electron chi connectivity index (χ1n) is 4.73. The summed E-state index contributed by atoms with van der Waals surface area (Å²) in [5.74, 6) is 0.625. The first-order valence-corrected chi connectivity index (χ1v) is 5.11. The first-order chi connectivity index (χ1) is 7.10. The fourth-order valence-electron chi connectivity index (χ4n) is 1.56. The molecule has 0 amide bonds. The Labute approximate surface area is 94.3 Å². The SMILES string of the molecule is COc1c(C)cc(Cl)cc1C(O)CCO. The van der Waals surface area contributed by atoms with E-state index >= 15 is 0 Å². The molecule has 0 spiro atoms. The molecule has 0 aromatic heterocycles. The van der Waals surface area contributed by atoms with Crippen molar-refractivity contribution in [2.24, 2.45) is 0 Å². The molecule has 1 rings (SSSR count). The van der Waals surface area contributed by atoms with Gasteiger partial charge < -0.3 is 14.9 Å². The van der Waals surface area contributed by atoms with Crippen LogP contribution in [0.2, 0.25) is 5.02 Å². The summed E-state index contributed by atoms with van der Waals surface area (Å²) in [7, 11) is 1.55. The van der Waals surface area contributed by atoms with E-state index in [1.807, 2.05) is 6.92 Å². The van der Waals surface area contributed by atoms with E-state index in [0.717, 1.165) is 5.56 Å². The molecule has 0 saturated carbocycles. The van der Waals surface area contributed by atoms with Gasteiger partial charge >= 0.3 is 0 Å². The molecule has 84 valence electrons. The standard InChI is InChI=1S/C11H15ClO3/c1-7-5-8(12)6-9(11(7)15-2)10(14)3-4-13/h5-6,10,13-14H,3-4H2,1-2H3. The van der Waals surface area contributed by atoms with Crippen molar-refractivity contribution < 1.29 is 14.9 Å². The lowest BCUT2D eigenvalue weighted by Gasteiger charge is -2.16. The lowest BCUT2D eigenvalue weighted by Crippen LogP contribution is -2.04. The summed E-state index contributed by atoms with van der Waals surface area (Å²) in [6, 6.07) is 3.43. The highest BCUT2D eigenvalue weighted by molar-refractivity contribution is 6.30. The van der Waals surface area contributed by atoms with Crippen LogP contribution in [0.25, 0.3) is 0 Å². The number of aliphatic hydroxyl groups is 2. The normalized spacial score (nSPS) is 12.6. The van der Waals surface area contributed by atoms with Crippen molar-refractivity contribution in [3.63, 3.8) is 0 Å². The van der Waals surface area contributed by atoms with Crippen molar-refractivity contribution in [3.8, 4) is 5.75 Å². The molecule has 3 nitrogen and oxygen atoms in total. The second-order valence-corrected chi connectivity index (χ2v) is 3.81. The maximum Gasteiger partial charge on any atom is 0.127 e. The van der Waals surface area contributed by atoms with E-state index in [-0.39, 0.29) is 13.0 Å². The van der Waals surface area contributed by atoms with E-state index in [9.17, 15) is 5.11 Å². The Balaban J connectivity index is 3.13. The van der Waals surface area contributed by atoms with Gasteiger partial charge in [-0.2, -0.15) is 0 Å². The molecule has 0 aliphatic carbocycles. The quantitative estimate of drug-likeness (QED) is 0.833. The maximum atomic E-state index is 9.78. The minimum atomic E-state index is -0.748. The number of aliphatic hydroxyl groups excluding tert-OH is 2. The van der Waals surface area contributed by atoms with Crippen LogP contribution >= 0.6 is 11.6 Å². The van der Waals surface area contributed by atoms with Crippen molar-refractivity contribution in [2.75, 3.05) is 13.7 Å². The Kier molecular flexibility index (Phi) is 4.39. The number of rotatable bonds is 4. The Morgan fingerprint density at radius 1 is 1.47 bits per heavy atom. The van der Waals surface area contributed by atoms with E-state index in [2.05, 4.69) is 0 Å². The summed E-state index contributed by atoms with van der Waals surface area (Å²) < 4.78 is 5.20. The molecule has 1 aromatic rings. The molecular weight excluding hydrogens is 216 g/mol. The van der Waals surface area contributed by atoms with Gasteiger partial charge in [-0.1, -0.05) is 11.6 Å². The fourth-order valence-corrected chi connectivity index (χ4v) is 1.84. The third kappa shape index (κ3) is 2.84. The third-order valence-electron chi connectivity index (χ3n) is 2.23. The van der Waals surface area contributed by atoms with E-state index in [1.54, 1.807) is 19.2 Å². The molecule has 0 radical (unpaired) electrons. The molecule has 0 aliphatic rings. The van der Waals surface area contributed by atoms with E-state index < -0.39 is 6.10 Å². The van der Waals surface area contributed by atoms with Gasteiger partial charge in [0, 0.05) is 23.6 Å². The molecule has 0 aliphatic heterocycles. The van der Waals surface area contributed by atoms with Gasteiger partial charge in [0.15, 0.2) is 0 Å². The van der Waals surface area contributed by atoms with Crippen molar-refractivity contribution in [2.45, 2.75) is 19.4 Å². The van der Waals surface area contributed by atoms with Crippen LogP contribution in [-0.4, -0.2) is 23.9 Å². The van der Waals surface area contributed by atoms with Crippen LogP contribution in [0.1, 0.15) is 23.7 Å². The van der Waals surface area contributed by atoms with Gasteiger partial charge in [0.2, 0.25) is 0 Å². The van der Waals surface area contributed by atoms with Crippen LogP contribution in [0.15, 0.2) is 12.1 Å². The Morgan fingerprint density at radius 3 is 2.67 bits per heavy atom. The Hall–Kier alpha value is -0.770. The number of methoxy groups -OCH3 is 1. The lowest BCUT2D eigenvalue weighted by atomic mass is 10.0. The highest BCUT2D eigenvalue weighted by Crippen LogP contribution is 2.33. The molecule has 0 bridgehead atoms. The zero-order chi connectivity index (χ0) is 11.4. The summed E-state index contributed by atoms with van der Waals surface area (Å²) in [5.41, 5.74) is 1.49. The van der Waals surface area contributed by atoms with Gasteiger partial charge in [-0.15, -0.1) is 0 Å². The monoisotopic (exact) mass is 230 g/mol. The minimum absolute atomic E-state index is 0.0735. The van der Waals surface area contributed by atoms with Gasteiger partial charge in [-0.05, 0) is 24.6 Å². The van der Waals surface area contributed by atoms with Crippen molar-refractivity contribution in [3.05, 3.63) is 28.3 Å². The van der Waals surface area contributed by atoms with Gasteiger partial charge in [-0.25, -0.2) is 0 Å². The number of aryl methyl sites for hydroxylation is 1. The molecule has 15 heavy (non-hydrogen) atoms. The van der Waals surface area contributed by atoms with Gasteiger partial charge in [0.25, 0.3) is 0 Å². The zero-order valence-corrected chi connectivity index (χ0v) is 9.58. The average Bonchev–Trinajstić information content (AvgIpc) is 2.17. The molecule has 4 heteroatoms. The second-order valence-electron chi connectivity index (χ2n) is 3.37. The Morgan fingerprint density at radius 2 is 2.13 bits per heavy atom. The molecule has 1 unspecified atom stereocenters. The summed E-state index contributed by atoms with van der Waals surface area (Å²) in [6.45, 7) is 1.79. The Bertz CT molecular complexity index is 339. The van der Waals surface area contributed by atoms with Crippen LogP contribution in [0.5, 0.6) is 5.75 Å². The average molecular weight is 231 g/mol. The fraction of sp³-hybridized carbons (Fsp3) is 0.455. The van der Waals surface area contributed by atoms with Gasteiger partial charge in [-0.3, -0.25) is 0 Å². The molecule has 0 fully saturated rings. The van der Waals surface area contributed by atoms with Crippen LogP contribution in [0.4, 0.5) is 0 Å². The number of benzene rings is 1. The molecule has 2 N–H and O–H groups in total. The van der Waals surface area contributed by atoms with Crippen LogP contribution in [0.3, 0.4) is 0 Å². The van der Waals surface area contributed by atoms with E-state index in [1.165, 1.54) is 0 Å². The molecule has 1 aromatic carbocycles. The molecule has 1 atom stereocenters. The molecular formula is C11H15ClO3. The molecule has 0 saturated heterocycles. The maximum absolute atomic E-state index is 9.78. The van der Waals surface area contributed by atoms with E-state index in [4.69, 9.17) is 21.4 Å². The van der Waals surface area contributed by atoms with Crippen molar-refractivity contribution >= 4 is 11.6 Å². The summed E-state index contributed by atoms with van der Waals surface area (Å²) in [5, 5.41) is 19.1. The zero-order valence-electron chi connectivity index (χ0n) is 8.83. The number of hydrogen-bond donors (Lipinski definition) is 2. The number of hydrogen-bond acceptors (Lipinski definition) is 3. The van der Waals surface area contributed by atoms with Crippen molar-refractivity contribution in [1.29, 1.82) is 0 Å². The lowest BCUT2D eigenvalue weighted by molar-refractivity contribution is 0.131. The largest absolute Gasteiger partial charge is 0.496 e. The third-order valence-corrected chi connectivity index (χ3v) is 2.45. The van der Waals surface area contributed by atoms with Crippen LogP contribution in [0, 0.1) is 6.92 Å². The summed E-state index contributed by atoms with van der Waals surface area (Å²) in [6.07, 6.45) is -0.474. The predicted octanol–water partition coefficient (Wildman–Crippen LogP) is 2.07. The molecule has 0 heterocycles. The van der Waals surface area contributed by atoms with Crippen LogP contribution < -0.4 is 4.74 Å². The topological polar surface area (TPSA) is 49.7 Å². The van der Waals surface area contributed by atoms with Gasteiger partial charge in [0.1, 0.15) is 5.75 Å². The second kappa shape index (κ2) is 5.35. The number of ether oxygens (including phenoxy) is 1. The summed E-state index contributed by atoms with van der Waals surface area (Å²) in [4.78, 5) is 0. The highest BCUT2D eigenvalue weighted by atomic mass is 35.5. The smallest absolute Gasteiger partial charge is 0.127 e. The minimum Gasteiger partial charge on any atom is -0.496 e. The van der Waals surface area contributed by atoms with Gasteiger partial charge in [0.05, 0.1) is 13.2 Å². The first kappa shape index (κ1) is 12.3. The summed E-state index contributed by atoms with van der Waals surface area (Å²) >= 11 is 5.89. The number of halogens is 1. The highest BCUT2D eigenvalue weighted by Gasteiger charge is 2.15. The van der Waals surface area contributed by atoms with Crippen molar-refractivity contribution in [1.82, 2.24) is 0 Å². The predicted molar refractivity (Wildman–Crippen MR) is 59.4 cm³/mol. The van der Waals surface area contributed by atoms with Crippen LogP contribution in [-0.2, 0) is 0 Å².